The molecule has 0 bridgehead atoms. The zero-order valence-corrected chi connectivity index (χ0v) is 14.6. The van der Waals surface area contributed by atoms with Gasteiger partial charge in [0.2, 0.25) is 11.8 Å². The van der Waals surface area contributed by atoms with Gasteiger partial charge in [0.05, 0.1) is 19.0 Å². The molecule has 4 amide bonds. The van der Waals surface area contributed by atoms with Crippen LogP contribution in [-0.4, -0.2) is 49.4 Å². The predicted molar refractivity (Wildman–Crippen MR) is 94.8 cm³/mol. The summed E-state index contributed by atoms with van der Waals surface area (Å²) >= 11 is 0. The summed E-state index contributed by atoms with van der Waals surface area (Å²) < 4.78 is 0. The quantitative estimate of drug-likeness (QED) is 0.767. The Bertz CT molecular complexity index is 591. The fourth-order valence-corrected chi connectivity index (χ4v) is 2.94. The third-order valence-corrected chi connectivity index (χ3v) is 4.28. The maximum absolute atomic E-state index is 12.7. The van der Waals surface area contributed by atoms with Gasteiger partial charge in [-0.3, -0.25) is 9.59 Å². The standard InChI is InChI=1S/C18H26N4O3/c1-19-18(25)21-13-17(24)22-11-7-3-6-10-20-16(23)12-15(22)14-8-4-2-5-9-14/h2,4-5,8-9,15H,3,6-7,10-13H2,1H3,(H,20,23)(H2,19,21,25)/t15-/m0/s1. The first-order chi connectivity index (χ1) is 12.1. The molecule has 1 aliphatic heterocycles. The normalized spacial score (nSPS) is 18.8. The minimum Gasteiger partial charge on any atom is -0.356 e. The van der Waals surface area contributed by atoms with Crippen molar-refractivity contribution in [2.45, 2.75) is 31.7 Å². The lowest BCUT2D eigenvalue weighted by Gasteiger charge is -2.33. The second-order valence-electron chi connectivity index (χ2n) is 6.06. The zero-order chi connectivity index (χ0) is 18.1. The number of rotatable bonds is 3. The van der Waals surface area contributed by atoms with Crippen molar-refractivity contribution in [1.82, 2.24) is 20.9 Å². The van der Waals surface area contributed by atoms with Gasteiger partial charge in [-0.2, -0.15) is 0 Å². The molecule has 1 aromatic rings. The third-order valence-electron chi connectivity index (χ3n) is 4.28. The number of nitrogens with one attached hydrogen (secondary N) is 3. The van der Waals surface area contributed by atoms with Crippen LogP contribution in [0.1, 0.15) is 37.3 Å². The second-order valence-corrected chi connectivity index (χ2v) is 6.06. The fraction of sp³-hybridized carbons (Fsp3) is 0.500. The molecule has 1 fully saturated rings. The predicted octanol–water partition coefficient (Wildman–Crippen LogP) is 1.18. The summed E-state index contributed by atoms with van der Waals surface area (Å²) in [7, 11) is 1.50. The summed E-state index contributed by atoms with van der Waals surface area (Å²) in [5.41, 5.74) is 0.923. The zero-order valence-electron chi connectivity index (χ0n) is 14.6. The molecule has 1 saturated heterocycles. The lowest BCUT2D eigenvalue weighted by atomic mass is 10.00. The van der Waals surface area contributed by atoms with Crippen molar-refractivity contribution in [3.05, 3.63) is 35.9 Å². The molecular weight excluding hydrogens is 320 g/mol. The molecule has 2 rings (SSSR count). The highest BCUT2D eigenvalue weighted by Gasteiger charge is 2.27. The van der Waals surface area contributed by atoms with Gasteiger partial charge < -0.3 is 20.9 Å². The van der Waals surface area contributed by atoms with Crippen molar-refractivity contribution in [3.8, 4) is 0 Å². The van der Waals surface area contributed by atoms with Gasteiger partial charge in [0.15, 0.2) is 0 Å². The summed E-state index contributed by atoms with van der Waals surface area (Å²) in [6, 6.07) is 8.83. The van der Waals surface area contributed by atoms with Gasteiger partial charge in [0.25, 0.3) is 0 Å². The summed E-state index contributed by atoms with van der Waals surface area (Å²) in [5.74, 6) is -0.251. The number of benzene rings is 1. The Balaban J connectivity index is 2.21. The van der Waals surface area contributed by atoms with Crippen LogP contribution in [0.2, 0.25) is 0 Å². The molecular formula is C18H26N4O3. The monoisotopic (exact) mass is 346 g/mol. The van der Waals surface area contributed by atoms with Crippen LogP contribution in [0, 0.1) is 0 Å². The van der Waals surface area contributed by atoms with E-state index in [1.54, 1.807) is 4.90 Å². The first kappa shape index (κ1) is 18.8. The molecule has 0 unspecified atom stereocenters. The maximum Gasteiger partial charge on any atom is 0.314 e. The SMILES string of the molecule is CNC(=O)NCC(=O)N1CCCCCNC(=O)C[C@H]1c1ccccc1. The summed E-state index contributed by atoms with van der Waals surface area (Å²) in [6.45, 7) is 1.15. The van der Waals surface area contributed by atoms with Crippen molar-refractivity contribution in [2.75, 3.05) is 26.7 Å². The summed E-state index contributed by atoms with van der Waals surface area (Å²) in [6.07, 6.45) is 2.93. The van der Waals surface area contributed by atoms with Gasteiger partial charge in [0, 0.05) is 20.1 Å². The molecule has 0 spiro atoms. The van der Waals surface area contributed by atoms with Crippen LogP contribution in [0.4, 0.5) is 4.79 Å². The van der Waals surface area contributed by atoms with Crippen LogP contribution < -0.4 is 16.0 Å². The van der Waals surface area contributed by atoms with Gasteiger partial charge in [-0.1, -0.05) is 30.3 Å². The van der Waals surface area contributed by atoms with Crippen LogP contribution in [-0.2, 0) is 9.59 Å². The molecule has 25 heavy (non-hydrogen) atoms. The summed E-state index contributed by atoms with van der Waals surface area (Å²) in [5, 5.41) is 7.88. The van der Waals surface area contributed by atoms with Crippen LogP contribution in [0.3, 0.4) is 0 Å². The Morgan fingerprint density at radius 2 is 1.96 bits per heavy atom. The number of hydrogen-bond acceptors (Lipinski definition) is 3. The second kappa shape index (κ2) is 9.66. The first-order valence-electron chi connectivity index (χ1n) is 8.68. The Morgan fingerprint density at radius 3 is 2.68 bits per heavy atom. The minimum absolute atomic E-state index is 0.0622. The molecule has 0 radical (unpaired) electrons. The first-order valence-corrected chi connectivity index (χ1v) is 8.68. The van der Waals surface area contributed by atoms with E-state index in [-0.39, 0.29) is 30.8 Å². The van der Waals surface area contributed by atoms with E-state index in [4.69, 9.17) is 0 Å². The van der Waals surface area contributed by atoms with Crippen LogP contribution in [0.25, 0.3) is 0 Å². The maximum atomic E-state index is 12.7. The molecule has 0 aliphatic carbocycles. The Hall–Kier alpha value is -2.57. The molecule has 0 aromatic heterocycles. The minimum atomic E-state index is -0.400. The van der Waals surface area contributed by atoms with Crippen molar-refractivity contribution in [1.29, 1.82) is 0 Å². The highest BCUT2D eigenvalue weighted by molar-refractivity contribution is 5.85. The van der Waals surface area contributed by atoms with E-state index in [2.05, 4.69) is 16.0 Å². The molecule has 1 heterocycles. The molecule has 7 nitrogen and oxygen atoms in total. The van der Waals surface area contributed by atoms with Gasteiger partial charge in [-0.15, -0.1) is 0 Å². The average Bonchev–Trinajstić information content (AvgIpc) is 2.64. The number of carbonyl (C=O) groups excluding carboxylic acids is 3. The van der Waals surface area contributed by atoms with Crippen molar-refractivity contribution in [3.63, 3.8) is 0 Å². The number of amides is 4. The highest BCUT2D eigenvalue weighted by Crippen LogP contribution is 2.25. The Labute approximate surface area is 148 Å². The number of hydrogen-bond donors (Lipinski definition) is 3. The van der Waals surface area contributed by atoms with Crippen molar-refractivity contribution >= 4 is 17.8 Å². The molecule has 3 N–H and O–H groups in total. The molecule has 1 atom stereocenters. The Morgan fingerprint density at radius 1 is 1.20 bits per heavy atom. The molecule has 1 aliphatic rings. The third kappa shape index (κ3) is 5.77. The van der Waals surface area contributed by atoms with E-state index in [0.29, 0.717) is 13.1 Å². The van der Waals surface area contributed by atoms with E-state index < -0.39 is 6.03 Å². The lowest BCUT2D eigenvalue weighted by molar-refractivity contribution is -0.134. The van der Waals surface area contributed by atoms with E-state index in [0.717, 1.165) is 24.8 Å². The van der Waals surface area contributed by atoms with Crippen LogP contribution >= 0.6 is 0 Å². The smallest absolute Gasteiger partial charge is 0.314 e. The van der Waals surface area contributed by atoms with Gasteiger partial charge in [0.1, 0.15) is 0 Å². The largest absolute Gasteiger partial charge is 0.356 e. The number of nitrogens with zero attached hydrogens (tertiary/aromatic N) is 1. The highest BCUT2D eigenvalue weighted by atomic mass is 16.2. The fourth-order valence-electron chi connectivity index (χ4n) is 2.94. The topological polar surface area (TPSA) is 90.5 Å². The van der Waals surface area contributed by atoms with Crippen molar-refractivity contribution in [2.24, 2.45) is 0 Å². The van der Waals surface area contributed by atoms with E-state index in [9.17, 15) is 14.4 Å². The molecule has 1 aromatic carbocycles. The lowest BCUT2D eigenvalue weighted by Crippen LogP contribution is -2.46. The number of urea groups is 1. The molecule has 0 saturated carbocycles. The van der Waals surface area contributed by atoms with Gasteiger partial charge in [-0.05, 0) is 24.8 Å². The van der Waals surface area contributed by atoms with Crippen LogP contribution in [0.5, 0.6) is 0 Å². The van der Waals surface area contributed by atoms with Gasteiger partial charge in [-0.25, -0.2) is 4.79 Å². The van der Waals surface area contributed by atoms with Crippen LogP contribution in [0.15, 0.2) is 30.3 Å². The molecule has 136 valence electrons. The van der Waals surface area contributed by atoms with E-state index in [1.165, 1.54) is 7.05 Å². The van der Waals surface area contributed by atoms with Gasteiger partial charge >= 0.3 is 6.03 Å². The average molecular weight is 346 g/mol. The summed E-state index contributed by atoms with van der Waals surface area (Å²) in [4.78, 5) is 38.0. The van der Waals surface area contributed by atoms with E-state index in [1.807, 2.05) is 30.3 Å². The van der Waals surface area contributed by atoms with E-state index >= 15 is 0 Å². The molecule has 7 heteroatoms. The Kier molecular flexibility index (Phi) is 7.25. The number of carbonyl (C=O) groups is 3. The van der Waals surface area contributed by atoms with Crippen molar-refractivity contribution < 1.29 is 14.4 Å².